The molecule has 0 heterocycles. The molecule has 0 aromatic heterocycles. The number of hydrogen-bond donors (Lipinski definition) is 0. The summed E-state index contributed by atoms with van der Waals surface area (Å²) in [6.07, 6.45) is 89.3. The molecule has 0 saturated carbocycles. The van der Waals surface area contributed by atoms with Gasteiger partial charge >= 0.3 is 17.9 Å². The lowest BCUT2D eigenvalue weighted by Gasteiger charge is -2.18. The Hall–Kier alpha value is -3.15. The molecule has 80 heavy (non-hydrogen) atoms. The minimum absolute atomic E-state index is 0.0718. The van der Waals surface area contributed by atoms with Gasteiger partial charge in [0, 0.05) is 19.3 Å². The summed E-state index contributed by atoms with van der Waals surface area (Å²) in [5.74, 6) is -0.855. The maximum atomic E-state index is 12.9. The van der Waals surface area contributed by atoms with Crippen LogP contribution >= 0.6 is 0 Å². The molecule has 0 saturated heterocycles. The van der Waals surface area contributed by atoms with Gasteiger partial charge in [0.25, 0.3) is 0 Å². The highest BCUT2D eigenvalue weighted by Gasteiger charge is 2.19. The van der Waals surface area contributed by atoms with E-state index in [0.717, 1.165) is 89.9 Å². The van der Waals surface area contributed by atoms with Gasteiger partial charge in [-0.1, -0.05) is 325 Å². The highest BCUT2D eigenvalue weighted by Crippen LogP contribution is 2.18. The number of esters is 3. The van der Waals surface area contributed by atoms with Crippen molar-refractivity contribution >= 4 is 17.9 Å². The van der Waals surface area contributed by atoms with Crippen molar-refractivity contribution in [3.63, 3.8) is 0 Å². The molecular formula is C74H132O6. The highest BCUT2D eigenvalue weighted by atomic mass is 16.6. The third-order valence-corrected chi connectivity index (χ3v) is 15.4. The van der Waals surface area contributed by atoms with Crippen LogP contribution in [0, 0.1) is 0 Å². The van der Waals surface area contributed by atoms with Crippen molar-refractivity contribution in [3.8, 4) is 0 Å². The number of ether oxygens (including phenoxy) is 3. The monoisotopic (exact) mass is 1120 g/mol. The third-order valence-electron chi connectivity index (χ3n) is 15.4. The molecule has 1 unspecified atom stereocenters. The molecule has 0 N–H and O–H groups in total. The fraction of sp³-hybridized carbons (Fsp3) is 0.797. The van der Waals surface area contributed by atoms with Gasteiger partial charge in [0.15, 0.2) is 6.10 Å². The summed E-state index contributed by atoms with van der Waals surface area (Å²) in [5, 5.41) is 0. The molecule has 0 rings (SSSR count). The SMILES string of the molecule is CC/C=C\C/C=C\C/C=C\C/C=C\CCCCCCCCCCCCCCCCCCC(=O)OCC(COC(=O)CCCCCCCCCCCCCC)OC(=O)CCCCCCCCCCC/C=C\C/C=C\CCCCCCC. The summed E-state index contributed by atoms with van der Waals surface area (Å²) in [4.78, 5) is 38.4. The van der Waals surface area contributed by atoms with Crippen molar-refractivity contribution in [2.24, 2.45) is 0 Å². The van der Waals surface area contributed by atoms with E-state index in [2.05, 4.69) is 93.7 Å². The second kappa shape index (κ2) is 68.3. The van der Waals surface area contributed by atoms with E-state index < -0.39 is 6.10 Å². The number of carbonyl (C=O) groups excluding carboxylic acids is 3. The number of rotatable bonds is 64. The zero-order valence-corrected chi connectivity index (χ0v) is 53.3. The molecule has 0 aliphatic rings. The van der Waals surface area contributed by atoms with Gasteiger partial charge < -0.3 is 14.2 Å². The van der Waals surface area contributed by atoms with Crippen molar-refractivity contribution in [3.05, 3.63) is 72.9 Å². The standard InChI is InChI=1S/C74H132O6/c1-4-7-10-13-16-19-22-25-27-29-31-33-34-35-36-37-38-39-40-42-43-45-47-49-52-55-58-61-64-67-73(76)79-70-71(69-78-72(75)66-63-60-57-54-51-24-21-18-15-12-9-6-3)80-74(77)68-65-62-59-56-53-50-48-46-44-41-32-30-28-26-23-20-17-14-11-8-5-2/h7,10,16,19,23,25-27,30-33,71H,4-6,8-9,11-15,17-18,20-22,24,28-29,34-70H2,1-3H3/b10-7-,19-16-,26-23-,27-25-,32-30-,33-31-. The predicted octanol–water partition coefficient (Wildman–Crippen LogP) is 24.1. The van der Waals surface area contributed by atoms with Gasteiger partial charge in [-0.3, -0.25) is 14.4 Å². The van der Waals surface area contributed by atoms with E-state index >= 15 is 0 Å². The van der Waals surface area contributed by atoms with Gasteiger partial charge in [-0.25, -0.2) is 0 Å². The summed E-state index contributed by atoms with van der Waals surface area (Å²) in [5.41, 5.74) is 0. The quantitative estimate of drug-likeness (QED) is 0.0261. The Kier molecular flexibility index (Phi) is 65.7. The van der Waals surface area contributed by atoms with Crippen LogP contribution in [0.15, 0.2) is 72.9 Å². The van der Waals surface area contributed by atoms with E-state index in [1.54, 1.807) is 0 Å². The Labute approximate surface area is 497 Å². The van der Waals surface area contributed by atoms with Crippen molar-refractivity contribution in [1.29, 1.82) is 0 Å². The molecule has 0 amide bonds. The Morgan fingerprint density at radius 3 is 0.762 bits per heavy atom. The second-order valence-electron chi connectivity index (χ2n) is 23.4. The Morgan fingerprint density at radius 2 is 0.487 bits per heavy atom. The first kappa shape index (κ1) is 76.9. The lowest BCUT2D eigenvalue weighted by atomic mass is 10.0. The topological polar surface area (TPSA) is 78.9 Å². The van der Waals surface area contributed by atoms with Crippen LogP contribution in [-0.2, 0) is 28.6 Å². The largest absolute Gasteiger partial charge is 0.462 e. The molecule has 0 radical (unpaired) electrons. The van der Waals surface area contributed by atoms with E-state index in [1.165, 1.54) is 231 Å². The van der Waals surface area contributed by atoms with E-state index in [1.807, 2.05) is 0 Å². The van der Waals surface area contributed by atoms with Gasteiger partial charge in [-0.05, 0) is 89.9 Å². The third kappa shape index (κ3) is 65.7. The molecule has 0 spiro atoms. The summed E-state index contributed by atoms with van der Waals surface area (Å²) in [6.45, 7) is 6.56. The lowest BCUT2D eigenvalue weighted by molar-refractivity contribution is -0.167. The molecule has 0 bridgehead atoms. The number of hydrogen-bond acceptors (Lipinski definition) is 6. The average molecular weight is 1120 g/mol. The smallest absolute Gasteiger partial charge is 0.306 e. The number of allylic oxidation sites excluding steroid dienone is 12. The molecule has 6 nitrogen and oxygen atoms in total. The molecule has 0 aromatic carbocycles. The Balaban J connectivity index is 4.21. The first-order chi connectivity index (χ1) is 39.5. The summed E-state index contributed by atoms with van der Waals surface area (Å²) in [6, 6.07) is 0. The molecule has 0 aromatic rings. The van der Waals surface area contributed by atoms with Crippen LogP contribution in [0.3, 0.4) is 0 Å². The zero-order valence-electron chi connectivity index (χ0n) is 53.3. The normalized spacial score (nSPS) is 12.5. The molecule has 0 fully saturated rings. The van der Waals surface area contributed by atoms with Crippen LogP contribution in [-0.4, -0.2) is 37.2 Å². The van der Waals surface area contributed by atoms with Gasteiger partial charge in [0.1, 0.15) is 13.2 Å². The van der Waals surface area contributed by atoms with Crippen molar-refractivity contribution in [2.45, 2.75) is 367 Å². The van der Waals surface area contributed by atoms with E-state index in [-0.39, 0.29) is 31.1 Å². The fourth-order valence-corrected chi connectivity index (χ4v) is 10.2. The van der Waals surface area contributed by atoms with E-state index in [0.29, 0.717) is 19.3 Å². The van der Waals surface area contributed by atoms with Crippen molar-refractivity contribution in [2.75, 3.05) is 13.2 Å². The summed E-state index contributed by atoms with van der Waals surface area (Å²) < 4.78 is 17.0. The minimum Gasteiger partial charge on any atom is -0.462 e. The fourth-order valence-electron chi connectivity index (χ4n) is 10.2. The number of carbonyl (C=O) groups is 3. The molecule has 0 aliphatic carbocycles. The van der Waals surface area contributed by atoms with Crippen molar-refractivity contribution in [1.82, 2.24) is 0 Å². The summed E-state index contributed by atoms with van der Waals surface area (Å²) >= 11 is 0. The maximum absolute atomic E-state index is 12.9. The van der Waals surface area contributed by atoms with Gasteiger partial charge in [0.2, 0.25) is 0 Å². The van der Waals surface area contributed by atoms with Crippen LogP contribution in [0.25, 0.3) is 0 Å². The first-order valence-electron chi connectivity index (χ1n) is 34.9. The molecule has 1 atom stereocenters. The van der Waals surface area contributed by atoms with E-state index in [4.69, 9.17) is 14.2 Å². The minimum atomic E-state index is -0.776. The van der Waals surface area contributed by atoms with Crippen LogP contribution in [0.2, 0.25) is 0 Å². The van der Waals surface area contributed by atoms with Crippen LogP contribution in [0.4, 0.5) is 0 Å². The molecular weight excluding hydrogens is 985 g/mol. The molecule has 464 valence electrons. The highest BCUT2D eigenvalue weighted by molar-refractivity contribution is 5.71. The van der Waals surface area contributed by atoms with Crippen LogP contribution in [0.1, 0.15) is 361 Å². The lowest BCUT2D eigenvalue weighted by Crippen LogP contribution is -2.30. The van der Waals surface area contributed by atoms with Crippen molar-refractivity contribution < 1.29 is 28.6 Å². The average Bonchev–Trinajstić information content (AvgIpc) is 3.46. The van der Waals surface area contributed by atoms with Crippen LogP contribution in [0.5, 0.6) is 0 Å². The van der Waals surface area contributed by atoms with Gasteiger partial charge in [-0.2, -0.15) is 0 Å². The number of unbranched alkanes of at least 4 members (excludes halogenated alkanes) is 41. The maximum Gasteiger partial charge on any atom is 0.306 e. The molecule has 6 heteroatoms. The summed E-state index contributed by atoms with van der Waals surface area (Å²) in [7, 11) is 0. The first-order valence-corrected chi connectivity index (χ1v) is 34.9. The van der Waals surface area contributed by atoms with Gasteiger partial charge in [-0.15, -0.1) is 0 Å². The second-order valence-corrected chi connectivity index (χ2v) is 23.4. The van der Waals surface area contributed by atoms with Crippen LogP contribution < -0.4 is 0 Å². The molecule has 0 aliphatic heterocycles. The Morgan fingerprint density at radius 1 is 0.263 bits per heavy atom. The van der Waals surface area contributed by atoms with E-state index in [9.17, 15) is 14.4 Å². The Bertz CT molecular complexity index is 1470. The van der Waals surface area contributed by atoms with Gasteiger partial charge in [0.05, 0.1) is 0 Å². The predicted molar refractivity (Wildman–Crippen MR) is 348 cm³/mol. The zero-order chi connectivity index (χ0) is 57.8.